The van der Waals surface area contributed by atoms with Crippen molar-refractivity contribution in [1.29, 1.82) is 0 Å². The van der Waals surface area contributed by atoms with E-state index in [-0.39, 0.29) is 5.91 Å². The van der Waals surface area contributed by atoms with Crippen molar-refractivity contribution < 1.29 is 4.79 Å². The Morgan fingerprint density at radius 2 is 1.75 bits per heavy atom. The van der Waals surface area contributed by atoms with Crippen molar-refractivity contribution in [3.8, 4) is 11.1 Å². The van der Waals surface area contributed by atoms with E-state index in [1.165, 1.54) is 30.0 Å². The van der Waals surface area contributed by atoms with Crippen molar-refractivity contribution in [2.45, 2.75) is 25.8 Å². The van der Waals surface area contributed by atoms with Crippen molar-refractivity contribution in [3.05, 3.63) is 42.5 Å². The van der Waals surface area contributed by atoms with Gasteiger partial charge in [0.1, 0.15) is 0 Å². The average Bonchev–Trinajstić information content (AvgIpc) is 3.47. The number of carbonyl (C=O) groups excluding carboxylic acids is 1. The zero-order valence-corrected chi connectivity index (χ0v) is 16.8. The number of fused-ring (bicyclic) bond motifs is 1. The number of amides is 1. The van der Waals surface area contributed by atoms with Crippen LogP contribution in [0.1, 0.15) is 19.8 Å². The number of anilines is 2. The molecule has 1 saturated carbocycles. The molecule has 0 spiro atoms. The first-order chi connectivity index (χ1) is 13.7. The van der Waals surface area contributed by atoms with Crippen LogP contribution in [0.25, 0.3) is 21.3 Å². The predicted molar refractivity (Wildman–Crippen MR) is 116 cm³/mol. The van der Waals surface area contributed by atoms with Crippen LogP contribution >= 0.6 is 11.3 Å². The first-order valence-corrected chi connectivity index (χ1v) is 10.7. The van der Waals surface area contributed by atoms with E-state index in [1.54, 1.807) is 11.3 Å². The molecule has 3 aromatic rings. The maximum absolute atomic E-state index is 11.2. The number of piperazine rings is 1. The zero-order chi connectivity index (χ0) is 19.1. The Labute approximate surface area is 169 Å². The fraction of sp³-hybridized carbons (Fsp3) is 0.364. The maximum atomic E-state index is 11.2. The molecule has 1 amide bonds. The number of benzene rings is 2. The molecule has 0 atom stereocenters. The summed E-state index contributed by atoms with van der Waals surface area (Å²) >= 11 is 1.79. The third-order valence-corrected chi connectivity index (χ3v) is 6.64. The fourth-order valence-electron chi connectivity index (χ4n) is 3.89. The van der Waals surface area contributed by atoms with Gasteiger partial charge < -0.3 is 10.2 Å². The molecule has 144 valence electrons. The van der Waals surface area contributed by atoms with Crippen molar-refractivity contribution >= 4 is 38.3 Å². The van der Waals surface area contributed by atoms with Crippen LogP contribution in [0.5, 0.6) is 0 Å². The molecule has 2 aliphatic rings. The highest BCUT2D eigenvalue weighted by Crippen LogP contribution is 2.34. The summed E-state index contributed by atoms with van der Waals surface area (Å²) in [6.07, 6.45) is 2.77. The highest BCUT2D eigenvalue weighted by molar-refractivity contribution is 7.22. The minimum absolute atomic E-state index is 0.0516. The van der Waals surface area contributed by atoms with E-state index >= 15 is 0 Å². The minimum atomic E-state index is -0.0516. The molecule has 2 heterocycles. The van der Waals surface area contributed by atoms with Crippen LogP contribution < -0.4 is 10.2 Å². The third kappa shape index (κ3) is 3.62. The summed E-state index contributed by atoms with van der Waals surface area (Å²) in [6, 6.07) is 15.3. The van der Waals surface area contributed by atoms with Gasteiger partial charge in [-0.1, -0.05) is 29.5 Å². The topological polar surface area (TPSA) is 48.5 Å². The second kappa shape index (κ2) is 7.18. The van der Waals surface area contributed by atoms with E-state index in [9.17, 15) is 4.79 Å². The Bertz CT molecular complexity index is 1000. The number of hydrogen-bond donors (Lipinski definition) is 1. The van der Waals surface area contributed by atoms with Crippen molar-refractivity contribution in [3.63, 3.8) is 0 Å². The number of rotatable bonds is 4. The van der Waals surface area contributed by atoms with Crippen molar-refractivity contribution in [2.24, 2.45) is 0 Å². The summed E-state index contributed by atoms with van der Waals surface area (Å²) in [6.45, 7) is 6.00. The molecule has 1 N–H and O–H groups in total. The molecule has 2 aromatic carbocycles. The number of nitrogens with zero attached hydrogens (tertiary/aromatic N) is 3. The Kier molecular flexibility index (Phi) is 4.53. The summed E-state index contributed by atoms with van der Waals surface area (Å²) in [5.74, 6) is -0.0516. The van der Waals surface area contributed by atoms with Gasteiger partial charge in [-0.05, 0) is 48.2 Å². The number of thiazole rings is 1. The second-order valence-electron chi connectivity index (χ2n) is 7.69. The van der Waals surface area contributed by atoms with E-state index in [2.05, 4.69) is 33.3 Å². The molecule has 28 heavy (non-hydrogen) atoms. The lowest BCUT2D eigenvalue weighted by atomic mass is 10.1. The Hall–Kier alpha value is -2.44. The molecular weight excluding hydrogens is 368 g/mol. The maximum Gasteiger partial charge on any atom is 0.221 e. The van der Waals surface area contributed by atoms with E-state index in [0.29, 0.717) is 0 Å². The van der Waals surface area contributed by atoms with E-state index < -0.39 is 0 Å². The number of hydrogen-bond acceptors (Lipinski definition) is 5. The van der Waals surface area contributed by atoms with Gasteiger partial charge in [0.25, 0.3) is 0 Å². The summed E-state index contributed by atoms with van der Waals surface area (Å²) in [7, 11) is 0. The number of aromatic nitrogens is 1. The number of nitrogens with one attached hydrogen (secondary N) is 1. The molecule has 1 aliphatic carbocycles. The van der Waals surface area contributed by atoms with Gasteiger partial charge in [0.05, 0.1) is 10.2 Å². The molecule has 5 rings (SSSR count). The fourth-order valence-corrected chi connectivity index (χ4v) is 4.95. The van der Waals surface area contributed by atoms with E-state index in [4.69, 9.17) is 4.98 Å². The molecule has 0 unspecified atom stereocenters. The van der Waals surface area contributed by atoms with Crippen LogP contribution in [0.15, 0.2) is 42.5 Å². The zero-order valence-electron chi connectivity index (χ0n) is 16.0. The first kappa shape index (κ1) is 17.6. The molecule has 1 aromatic heterocycles. The Balaban J connectivity index is 1.34. The molecule has 1 aliphatic heterocycles. The minimum Gasteiger partial charge on any atom is -0.345 e. The molecular formula is C22H24N4OS. The standard InChI is InChI=1S/C22H24N4OS/c1-15(27)23-18-5-2-16(3-6-18)17-4-9-20-21(14-17)28-22(24-20)26-12-10-25(11-13-26)19-7-8-19/h2-6,9,14,19H,7-8,10-13H2,1H3,(H,23,27). The first-order valence-electron chi connectivity index (χ1n) is 9.93. The SMILES string of the molecule is CC(=O)Nc1ccc(-c2ccc3nc(N4CCN(C5CC5)CC4)sc3c2)cc1. The molecule has 1 saturated heterocycles. The Morgan fingerprint density at radius 1 is 1.04 bits per heavy atom. The molecule has 5 nitrogen and oxygen atoms in total. The largest absolute Gasteiger partial charge is 0.345 e. The van der Waals surface area contributed by atoms with Crippen LogP contribution in [-0.4, -0.2) is 48.0 Å². The molecule has 2 fully saturated rings. The predicted octanol–water partition coefficient (Wildman–Crippen LogP) is 4.21. The van der Waals surface area contributed by atoms with Crippen molar-refractivity contribution in [1.82, 2.24) is 9.88 Å². The quantitative estimate of drug-likeness (QED) is 0.723. The Morgan fingerprint density at radius 3 is 2.43 bits per heavy atom. The lowest BCUT2D eigenvalue weighted by Gasteiger charge is -2.34. The van der Waals surface area contributed by atoms with Crippen LogP contribution in [0.4, 0.5) is 10.8 Å². The third-order valence-electron chi connectivity index (χ3n) is 5.56. The van der Waals surface area contributed by atoms with E-state index in [0.717, 1.165) is 54.1 Å². The summed E-state index contributed by atoms with van der Waals surface area (Å²) in [5.41, 5.74) is 4.21. The van der Waals surface area contributed by atoms with Gasteiger partial charge in [-0.15, -0.1) is 0 Å². The van der Waals surface area contributed by atoms with Gasteiger partial charge in [0, 0.05) is 44.8 Å². The molecule has 0 bridgehead atoms. The highest BCUT2D eigenvalue weighted by atomic mass is 32.1. The lowest BCUT2D eigenvalue weighted by Crippen LogP contribution is -2.47. The van der Waals surface area contributed by atoms with Gasteiger partial charge in [-0.2, -0.15) is 0 Å². The van der Waals surface area contributed by atoms with Gasteiger partial charge >= 0.3 is 0 Å². The van der Waals surface area contributed by atoms with Gasteiger partial charge in [0.2, 0.25) is 5.91 Å². The molecule has 6 heteroatoms. The van der Waals surface area contributed by atoms with Crippen LogP contribution in [0.2, 0.25) is 0 Å². The normalized spacial score (nSPS) is 17.8. The smallest absolute Gasteiger partial charge is 0.221 e. The summed E-state index contributed by atoms with van der Waals surface area (Å²) in [5, 5.41) is 3.95. The van der Waals surface area contributed by atoms with Gasteiger partial charge in [-0.3, -0.25) is 9.69 Å². The van der Waals surface area contributed by atoms with Crippen molar-refractivity contribution in [2.75, 3.05) is 36.4 Å². The highest BCUT2D eigenvalue weighted by Gasteiger charge is 2.31. The summed E-state index contributed by atoms with van der Waals surface area (Å²) in [4.78, 5) is 21.1. The lowest BCUT2D eigenvalue weighted by molar-refractivity contribution is -0.114. The summed E-state index contributed by atoms with van der Waals surface area (Å²) < 4.78 is 1.23. The average molecular weight is 393 g/mol. The van der Waals surface area contributed by atoms with Crippen LogP contribution in [0, 0.1) is 0 Å². The number of carbonyl (C=O) groups is 1. The van der Waals surface area contributed by atoms with Gasteiger partial charge in [-0.25, -0.2) is 4.98 Å². The van der Waals surface area contributed by atoms with E-state index in [1.807, 2.05) is 24.3 Å². The monoisotopic (exact) mass is 392 g/mol. The second-order valence-corrected chi connectivity index (χ2v) is 8.70. The van der Waals surface area contributed by atoms with Crippen LogP contribution in [-0.2, 0) is 4.79 Å². The van der Waals surface area contributed by atoms with Crippen LogP contribution in [0.3, 0.4) is 0 Å². The molecule has 0 radical (unpaired) electrons. The van der Waals surface area contributed by atoms with Gasteiger partial charge in [0.15, 0.2) is 5.13 Å².